The Labute approximate surface area is 136 Å². The lowest BCUT2D eigenvalue weighted by molar-refractivity contribution is 0.181. The van der Waals surface area contributed by atoms with E-state index < -0.39 is 0 Å². The van der Waals surface area contributed by atoms with Gasteiger partial charge in [0.25, 0.3) is 0 Å². The molecule has 2 heterocycles. The Hall–Kier alpha value is -1.20. The zero-order valence-corrected chi connectivity index (χ0v) is 14.1. The van der Waals surface area contributed by atoms with Gasteiger partial charge in [-0.05, 0) is 50.1 Å². The quantitative estimate of drug-likeness (QED) is 0.900. The number of rotatable bonds is 5. The molecule has 1 aromatic carbocycles. The zero-order chi connectivity index (χ0) is 15.6. The Morgan fingerprint density at radius 3 is 3.05 bits per heavy atom. The monoisotopic (exact) mass is 320 g/mol. The highest BCUT2D eigenvalue weighted by atomic mass is 32.2. The molecule has 2 aliphatic heterocycles. The van der Waals surface area contributed by atoms with Gasteiger partial charge >= 0.3 is 6.09 Å². The van der Waals surface area contributed by atoms with Gasteiger partial charge in [0, 0.05) is 23.0 Å². The van der Waals surface area contributed by atoms with Gasteiger partial charge in [0.15, 0.2) is 0 Å². The van der Waals surface area contributed by atoms with Crippen molar-refractivity contribution in [1.82, 2.24) is 5.32 Å². The van der Waals surface area contributed by atoms with E-state index in [4.69, 9.17) is 4.74 Å². The molecule has 0 unspecified atom stereocenters. The molecule has 2 saturated heterocycles. The number of anilines is 1. The number of benzene rings is 1. The van der Waals surface area contributed by atoms with Crippen molar-refractivity contribution in [3.63, 3.8) is 0 Å². The topological polar surface area (TPSA) is 41.6 Å². The minimum Gasteiger partial charge on any atom is -0.447 e. The van der Waals surface area contributed by atoms with Crippen LogP contribution in [0, 0.1) is 0 Å². The Bertz CT molecular complexity index is 543. The first-order valence-electron chi connectivity index (χ1n) is 7.99. The van der Waals surface area contributed by atoms with Gasteiger partial charge in [0.2, 0.25) is 0 Å². The molecule has 22 heavy (non-hydrogen) atoms. The molecule has 1 amide bonds. The summed E-state index contributed by atoms with van der Waals surface area (Å²) >= 11 is 2.07. The highest BCUT2D eigenvalue weighted by Crippen LogP contribution is 2.37. The molecule has 4 nitrogen and oxygen atoms in total. The fraction of sp³-hybridized carbons (Fsp3) is 0.588. The molecule has 2 fully saturated rings. The molecule has 0 radical (unpaired) electrons. The molecule has 120 valence electrons. The number of nitrogens with one attached hydrogen (secondary N) is 1. The van der Waals surface area contributed by atoms with E-state index in [1.807, 2.05) is 12.1 Å². The number of thioether (sulfide) groups is 1. The van der Waals surface area contributed by atoms with Gasteiger partial charge in [-0.2, -0.15) is 11.8 Å². The number of hydrogen-bond donors (Lipinski definition) is 1. The van der Waals surface area contributed by atoms with E-state index >= 15 is 0 Å². The van der Waals surface area contributed by atoms with Gasteiger partial charge < -0.3 is 10.1 Å². The molecular weight excluding hydrogens is 296 g/mol. The minimum absolute atomic E-state index is 0.243. The number of cyclic esters (lactones) is 1. The number of nitrogens with zero attached hydrogens (tertiary/aromatic N) is 1. The summed E-state index contributed by atoms with van der Waals surface area (Å²) in [6.07, 6.45) is 2.37. The third-order valence-corrected chi connectivity index (χ3v) is 6.06. The molecule has 0 saturated carbocycles. The maximum Gasteiger partial charge on any atom is 0.414 e. The molecule has 5 heteroatoms. The van der Waals surface area contributed by atoms with E-state index in [0.29, 0.717) is 17.9 Å². The lowest BCUT2D eigenvalue weighted by atomic mass is 10.0. The normalized spacial score (nSPS) is 26.3. The second-order valence-electron chi connectivity index (χ2n) is 6.37. The van der Waals surface area contributed by atoms with Crippen molar-refractivity contribution in [3.05, 3.63) is 29.8 Å². The molecule has 0 aliphatic carbocycles. The standard InChI is InChI=1S/C17H24N2O2S/c1-13(18-12-17(2)7-4-10-22-17)14-5-3-6-15(11-14)19-8-9-21-16(19)20/h3,5-6,11,13,18H,4,7-10,12H2,1-2H3/t13-,17+/m1/s1. The molecule has 0 spiro atoms. The highest BCUT2D eigenvalue weighted by molar-refractivity contribution is 8.00. The Kier molecular flexibility index (Phi) is 4.64. The Morgan fingerprint density at radius 1 is 1.50 bits per heavy atom. The van der Waals surface area contributed by atoms with Crippen LogP contribution >= 0.6 is 11.8 Å². The van der Waals surface area contributed by atoms with Crippen LogP contribution in [0.3, 0.4) is 0 Å². The van der Waals surface area contributed by atoms with Crippen LogP contribution in [0.15, 0.2) is 24.3 Å². The largest absolute Gasteiger partial charge is 0.447 e. The smallest absolute Gasteiger partial charge is 0.414 e. The third kappa shape index (κ3) is 3.41. The van der Waals surface area contributed by atoms with Crippen LogP contribution in [-0.4, -0.2) is 36.3 Å². The number of hydrogen-bond acceptors (Lipinski definition) is 4. The molecule has 1 aromatic rings. The summed E-state index contributed by atoms with van der Waals surface area (Å²) in [6.45, 7) is 6.67. The van der Waals surface area contributed by atoms with E-state index in [9.17, 15) is 4.79 Å². The van der Waals surface area contributed by atoms with Crippen LogP contribution < -0.4 is 10.2 Å². The zero-order valence-electron chi connectivity index (χ0n) is 13.3. The van der Waals surface area contributed by atoms with E-state index in [1.165, 1.54) is 24.2 Å². The van der Waals surface area contributed by atoms with Crippen molar-refractivity contribution in [2.75, 3.05) is 30.3 Å². The Morgan fingerprint density at radius 2 is 2.36 bits per heavy atom. The number of carbonyl (C=O) groups is 1. The van der Waals surface area contributed by atoms with E-state index in [1.54, 1.807) is 4.90 Å². The SMILES string of the molecule is C[C@@H](NC[C@]1(C)CCCS1)c1cccc(N2CCOC2=O)c1. The lowest BCUT2D eigenvalue weighted by Crippen LogP contribution is -2.34. The van der Waals surface area contributed by atoms with Crippen LogP contribution in [0.1, 0.15) is 38.3 Å². The summed E-state index contributed by atoms with van der Waals surface area (Å²) in [6, 6.07) is 8.47. The molecule has 1 N–H and O–H groups in total. The molecule has 3 rings (SSSR count). The van der Waals surface area contributed by atoms with Crippen molar-refractivity contribution < 1.29 is 9.53 Å². The van der Waals surface area contributed by atoms with Crippen molar-refractivity contribution in [3.8, 4) is 0 Å². The Balaban J connectivity index is 1.65. The molecule has 0 aromatic heterocycles. The predicted octanol–water partition coefficient (Wildman–Crippen LogP) is 3.58. The molecule has 0 bridgehead atoms. The second-order valence-corrected chi connectivity index (χ2v) is 8.05. The fourth-order valence-electron chi connectivity index (χ4n) is 3.05. The number of amides is 1. The van der Waals surface area contributed by atoms with Gasteiger partial charge in [0.1, 0.15) is 6.61 Å². The van der Waals surface area contributed by atoms with Crippen LogP contribution in [0.25, 0.3) is 0 Å². The average molecular weight is 320 g/mol. The first kappa shape index (κ1) is 15.7. The second kappa shape index (κ2) is 6.50. The van der Waals surface area contributed by atoms with Crippen molar-refractivity contribution in [1.29, 1.82) is 0 Å². The van der Waals surface area contributed by atoms with E-state index in [2.05, 4.69) is 43.1 Å². The summed E-state index contributed by atoms with van der Waals surface area (Å²) < 4.78 is 5.38. The summed E-state index contributed by atoms with van der Waals surface area (Å²) in [7, 11) is 0. The predicted molar refractivity (Wildman–Crippen MR) is 91.7 cm³/mol. The van der Waals surface area contributed by atoms with Crippen molar-refractivity contribution in [2.24, 2.45) is 0 Å². The van der Waals surface area contributed by atoms with Gasteiger partial charge in [-0.15, -0.1) is 0 Å². The molecule has 2 atom stereocenters. The van der Waals surface area contributed by atoms with Gasteiger partial charge in [-0.3, -0.25) is 4.90 Å². The van der Waals surface area contributed by atoms with Crippen molar-refractivity contribution in [2.45, 2.75) is 37.5 Å². The summed E-state index contributed by atoms with van der Waals surface area (Å²) in [5.41, 5.74) is 2.14. The molecule has 2 aliphatic rings. The summed E-state index contributed by atoms with van der Waals surface area (Å²) in [5.74, 6) is 1.28. The first-order valence-corrected chi connectivity index (χ1v) is 8.98. The summed E-state index contributed by atoms with van der Waals surface area (Å²) in [4.78, 5) is 13.4. The fourth-order valence-corrected chi connectivity index (χ4v) is 4.31. The number of carbonyl (C=O) groups excluding carboxylic acids is 1. The maximum absolute atomic E-state index is 11.7. The minimum atomic E-state index is -0.243. The van der Waals surface area contributed by atoms with Gasteiger partial charge in [0.05, 0.1) is 6.54 Å². The van der Waals surface area contributed by atoms with Crippen LogP contribution in [0.5, 0.6) is 0 Å². The van der Waals surface area contributed by atoms with Crippen LogP contribution in [0.2, 0.25) is 0 Å². The van der Waals surface area contributed by atoms with Crippen LogP contribution in [-0.2, 0) is 4.74 Å². The summed E-state index contributed by atoms with van der Waals surface area (Å²) in [5, 5.41) is 3.65. The average Bonchev–Trinajstić information content (AvgIpc) is 3.14. The van der Waals surface area contributed by atoms with Gasteiger partial charge in [-0.1, -0.05) is 12.1 Å². The maximum atomic E-state index is 11.7. The van der Waals surface area contributed by atoms with E-state index in [0.717, 1.165) is 12.2 Å². The van der Waals surface area contributed by atoms with Crippen molar-refractivity contribution >= 4 is 23.5 Å². The number of ether oxygens (including phenoxy) is 1. The lowest BCUT2D eigenvalue weighted by Gasteiger charge is -2.26. The highest BCUT2D eigenvalue weighted by Gasteiger charge is 2.29. The van der Waals surface area contributed by atoms with E-state index in [-0.39, 0.29) is 12.1 Å². The first-order chi connectivity index (χ1) is 10.6. The third-order valence-electron chi connectivity index (χ3n) is 4.53. The van der Waals surface area contributed by atoms with Gasteiger partial charge in [-0.25, -0.2) is 4.79 Å². The molecular formula is C17H24N2O2S. The van der Waals surface area contributed by atoms with Crippen LogP contribution in [0.4, 0.5) is 10.5 Å².